The highest BCUT2D eigenvalue weighted by Gasteiger charge is 2.21. The van der Waals surface area contributed by atoms with E-state index in [1.807, 2.05) is 147 Å². The van der Waals surface area contributed by atoms with Crippen LogP contribution in [-0.4, -0.2) is 132 Å². The number of H-pyrrole nitrogens is 2. The third kappa shape index (κ3) is 13.4. The summed E-state index contributed by atoms with van der Waals surface area (Å²) < 4.78 is 0. The first-order chi connectivity index (χ1) is 42.7. The fraction of sp³-hybridized carbons (Fsp3) is 0.222. The van der Waals surface area contributed by atoms with E-state index in [-0.39, 0.29) is 29.5 Å². The number of fused-ring (bicyclic) bond motifs is 4. The molecule has 2 aromatic heterocycles. The standard InChI is InChI=1S/C72H70N12O4/c1-44(43-76-72(88)52-18-10-46(11-19-52)64-42-58-38-54(25-29-60(58)78-64)56-27-31-62-66(40-56)82-68(80-62)48-14-22-51(23-15-48)71(87)75-34-36-84(4)5)7-6-32-73-69(85)49-16-8-45(9-17-49)63-41-57-37-53(24-28-59(57)77-63)55-26-30-61-65(39-55)81-67(79-61)47-12-20-50(21-13-47)70(86)74-33-35-83(2)3/h8-31,37-40,44H,6-7,32-36,41-43H2,1-5H3,(H,73,85)(H,74,86)(H,75,87)(H,76,88)(H,79,81)(H,80,82). The lowest BCUT2D eigenvalue weighted by atomic mass is 9.98. The number of aliphatic imine (C=N–C) groups is 2. The monoisotopic (exact) mass is 1170 g/mol. The number of hydrogen-bond acceptors (Lipinski definition) is 10. The van der Waals surface area contributed by atoms with Crippen LogP contribution in [0.25, 0.3) is 67.1 Å². The molecule has 8 aromatic carbocycles. The van der Waals surface area contributed by atoms with Crippen molar-refractivity contribution in [1.29, 1.82) is 0 Å². The van der Waals surface area contributed by atoms with Crippen LogP contribution in [0.4, 0.5) is 11.4 Å². The molecule has 1 unspecified atom stereocenters. The lowest BCUT2D eigenvalue weighted by Gasteiger charge is -2.13. The van der Waals surface area contributed by atoms with Gasteiger partial charge in [0.2, 0.25) is 0 Å². The fourth-order valence-corrected chi connectivity index (χ4v) is 11.1. The van der Waals surface area contributed by atoms with Crippen molar-refractivity contribution in [3.05, 3.63) is 214 Å². The van der Waals surface area contributed by atoms with Gasteiger partial charge in [-0.05, 0) is 189 Å². The Labute approximate surface area is 511 Å². The van der Waals surface area contributed by atoms with Crippen LogP contribution in [0.2, 0.25) is 0 Å². The summed E-state index contributed by atoms with van der Waals surface area (Å²) in [6.07, 6.45) is 2.99. The number of carbonyl (C=O) groups excluding carboxylic acids is 4. The minimum Gasteiger partial charge on any atom is -0.352 e. The molecule has 88 heavy (non-hydrogen) atoms. The van der Waals surface area contributed by atoms with Gasteiger partial charge in [-0.2, -0.15) is 0 Å². The van der Waals surface area contributed by atoms with E-state index in [4.69, 9.17) is 20.0 Å². The quantitative estimate of drug-likeness (QED) is 0.0359. The van der Waals surface area contributed by atoms with Gasteiger partial charge in [0, 0.05) is 85.5 Å². The number of nitrogens with zero attached hydrogens (tertiary/aromatic N) is 6. The first kappa shape index (κ1) is 58.2. The molecule has 6 N–H and O–H groups in total. The molecule has 2 aliphatic heterocycles. The van der Waals surface area contributed by atoms with Gasteiger partial charge in [-0.15, -0.1) is 0 Å². The van der Waals surface area contributed by atoms with Crippen LogP contribution in [0.15, 0.2) is 180 Å². The highest BCUT2D eigenvalue weighted by molar-refractivity contribution is 6.09. The van der Waals surface area contributed by atoms with E-state index >= 15 is 0 Å². The van der Waals surface area contributed by atoms with Crippen molar-refractivity contribution in [3.63, 3.8) is 0 Å². The van der Waals surface area contributed by atoms with Crippen molar-refractivity contribution in [2.45, 2.75) is 32.6 Å². The highest BCUT2D eigenvalue weighted by Crippen LogP contribution is 2.36. The smallest absolute Gasteiger partial charge is 0.251 e. The molecule has 442 valence electrons. The molecule has 0 saturated carbocycles. The summed E-state index contributed by atoms with van der Waals surface area (Å²) in [6, 6.07) is 55.5. The number of imidazole rings is 2. The van der Waals surface area contributed by atoms with E-state index in [1.54, 1.807) is 0 Å². The molecular weight excluding hydrogens is 1100 g/mol. The lowest BCUT2D eigenvalue weighted by Crippen LogP contribution is -2.31. The van der Waals surface area contributed by atoms with Crippen LogP contribution in [0.1, 0.15) is 83.5 Å². The summed E-state index contributed by atoms with van der Waals surface area (Å²) in [5.74, 6) is 1.26. The number of rotatable bonds is 22. The molecule has 4 heterocycles. The Bertz CT molecular complexity index is 4310. The van der Waals surface area contributed by atoms with Gasteiger partial charge >= 0.3 is 0 Å². The Morgan fingerprint density at radius 2 is 0.784 bits per heavy atom. The van der Waals surface area contributed by atoms with Crippen molar-refractivity contribution in [2.75, 3.05) is 67.5 Å². The molecule has 0 radical (unpaired) electrons. The second-order valence-electron chi connectivity index (χ2n) is 23.4. The van der Waals surface area contributed by atoms with E-state index < -0.39 is 0 Å². The molecule has 0 saturated heterocycles. The molecule has 0 bridgehead atoms. The van der Waals surface area contributed by atoms with Crippen LogP contribution in [0.5, 0.6) is 0 Å². The Kier molecular flexibility index (Phi) is 17.1. The average Bonchev–Trinajstić information content (AvgIpc) is 2.82. The van der Waals surface area contributed by atoms with Gasteiger partial charge in [0.15, 0.2) is 0 Å². The van der Waals surface area contributed by atoms with Crippen LogP contribution >= 0.6 is 0 Å². The molecule has 12 rings (SSSR count). The summed E-state index contributed by atoms with van der Waals surface area (Å²) in [6.45, 7) is 5.88. The van der Waals surface area contributed by atoms with E-state index in [9.17, 15) is 19.2 Å². The zero-order chi connectivity index (χ0) is 60.8. The summed E-state index contributed by atoms with van der Waals surface area (Å²) in [4.78, 5) is 82.2. The minimum atomic E-state index is -0.123. The van der Waals surface area contributed by atoms with Crippen LogP contribution in [0.3, 0.4) is 0 Å². The topological polar surface area (TPSA) is 205 Å². The summed E-state index contributed by atoms with van der Waals surface area (Å²) in [5, 5.41) is 12.1. The van der Waals surface area contributed by atoms with E-state index in [0.717, 1.165) is 138 Å². The number of aromatic nitrogens is 4. The van der Waals surface area contributed by atoms with Gasteiger partial charge in [-0.3, -0.25) is 29.2 Å². The van der Waals surface area contributed by atoms with Crippen molar-refractivity contribution in [1.82, 2.24) is 51.0 Å². The lowest BCUT2D eigenvalue weighted by molar-refractivity contribution is 0.0939. The average molecular weight is 1170 g/mol. The zero-order valence-corrected chi connectivity index (χ0v) is 50.1. The highest BCUT2D eigenvalue weighted by atomic mass is 16.2. The largest absolute Gasteiger partial charge is 0.352 e. The summed E-state index contributed by atoms with van der Waals surface area (Å²) >= 11 is 0. The van der Waals surface area contributed by atoms with Crippen LogP contribution in [0, 0.1) is 5.92 Å². The third-order valence-electron chi connectivity index (χ3n) is 16.3. The Morgan fingerprint density at radius 1 is 0.432 bits per heavy atom. The van der Waals surface area contributed by atoms with E-state index in [2.05, 4.69) is 98.8 Å². The second-order valence-corrected chi connectivity index (χ2v) is 23.4. The molecule has 4 amide bonds. The van der Waals surface area contributed by atoms with Crippen molar-refractivity contribution in [3.8, 4) is 45.0 Å². The maximum Gasteiger partial charge on any atom is 0.251 e. The molecule has 1 atom stereocenters. The maximum absolute atomic E-state index is 13.3. The third-order valence-corrected chi connectivity index (χ3v) is 16.3. The number of aromatic amines is 2. The van der Waals surface area contributed by atoms with Gasteiger partial charge in [0.1, 0.15) is 11.6 Å². The molecule has 0 fully saturated rings. The Hall–Kier alpha value is -10.2. The number of benzene rings is 8. The molecule has 16 heteroatoms. The molecule has 0 spiro atoms. The molecule has 2 aliphatic rings. The normalized spacial score (nSPS) is 12.9. The number of hydrogen-bond donors (Lipinski definition) is 6. The number of nitrogens with one attached hydrogen (secondary N) is 6. The van der Waals surface area contributed by atoms with Crippen molar-refractivity contribution >= 4 is 68.5 Å². The van der Waals surface area contributed by atoms with Gasteiger partial charge in [0.05, 0.1) is 44.9 Å². The second kappa shape index (κ2) is 25.8. The first-order valence-corrected chi connectivity index (χ1v) is 30.0. The number of likely N-dealkylation sites (N-methyl/N-ethyl adjacent to an activating group) is 2. The first-order valence-electron chi connectivity index (χ1n) is 30.0. The Morgan fingerprint density at radius 3 is 1.19 bits per heavy atom. The van der Waals surface area contributed by atoms with E-state index in [1.165, 1.54) is 0 Å². The maximum atomic E-state index is 13.3. The van der Waals surface area contributed by atoms with Gasteiger partial charge in [0.25, 0.3) is 23.6 Å². The Balaban J connectivity index is 0.563. The number of carbonyl (C=O) groups is 4. The van der Waals surface area contributed by atoms with Gasteiger partial charge in [-0.1, -0.05) is 79.7 Å². The van der Waals surface area contributed by atoms with Gasteiger partial charge in [-0.25, -0.2) is 9.97 Å². The van der Waals surface area contributed by atoms with Crippen molar-refractivity contribution in [2.24, 2.45) is 15.9 Å². The predicted octanol–water partition coefficient (Wildman–Crippen LogP) is 11.6. The predicted molar refractivity (Wildman–Crippen MR) is 351 cm³/mol. The van der Waals surface area contributed by atoms with Crippen molar-refractivity contribution < 1.29 is 19.2 Å². The summed E-state index contributed by atoms with van der Waals surface area (Å²) in [7, 11) is 7.91. The summed E-state index contributed by atoms with van der Waals surface area (Å²) in [5.41, 5.74) is 20.1. The van der Waals surface area contributed by atoms with E-state index in [0.29, 0.717) is 61.3 Å². The molecular formula is C72H70N12O4. The van der Waals surface area contributed by atoms with Crippen LogP contribution in [-0.2, 0) is 12.8 Å². The van der Waals surface area contributed by atoms with Gasteiger partial charge < -0.3 is 41.0 Å². The zero-order valence-electron chi connectivity index (χ0n) is 50.1. The van der Waals surface area contributed by atoms with Crippen LogP contribution < -0.4 is 21.3 Å². The molecule has 10 aromatic rings. The molecule has 16 nitrogen and oxygen atoms in total. The fourth-order valence-electron chi connectivity index (χ4n) is 11.1. The SMILES string of the molecule is CC(CCCNC(=O)c1ccc(C2=Nc3ccc(-c4ccc5nc(-c6ccc(C(=O)NCCN(C)C)cc6)[nH]c5c4)cc3C2)cc1)CNC(=O)c1ccc(C2=Nc3ccc(-c4ccc5nc(-c6ccc(C(=O)NCCN(C)C)cc6)[nH]c5c4)cc3C2)cc1. The number of amides is 4. The minimum absolute atomic E-state index is 0.0944. The molecule has 0 aliphatic carbocycles.